The molecule has 2 spiro atoms. The van der Waals surface area contributed by atoms with Crippen molar-refractivity contribution >= 4 is 11.9 Å². The molecule has 0 amide bonds. The Labute approximate surface area is 200 Å². The number of ether oxygens (including phenoxy) is 6. The van der Waals surface area contributed by atoms with Crippen LogP contribution >= 0.6 is 0 Å². The van der Waals surface area contributed by atoms with Crippen molar-refractivity contribution in [2.45, 2.75) is 96.8 Å². The number of epoxide rings is 1. The number of carbonyl (C=O) groups excluding carboxylic acids is 2. The molecule has 5 heterocycles. The number of carbonyl (C=O) groups is 2. The summed E-state index contributed by atoms with van der Waals surface area (Å²) in [5.41, 5.74) is -1.56. The molecule has 2 aliphatic carbocycles. The van der Waals surface area contributed by atoms with E-state index in [-0.39, 0.29) is 59.5 Å². The van der Waals surface area contributed by atoms with Crippen molar-refractivity contribution < 1.29 is 38.0 Å². The lowest BCUT2D eigenvalue weighted by atomic mass is 9.40. The van der Waals surface area contributed by atoms with E-state index in [0.717, 1.165) is 19.3 Å². The SMILES string of the molecule is CC(=O)OC1C[C@H](C)[C@](C)(C2CC3C=COC3O2)C2CC3CC4(CO4)[C@]12[C@@H](OC(=O)C(C)C)O3. The van der Waals surface area contributed by atoms with E-state index in [1.807, 2.05) is 13.8 Å². The molecule has 11 atom stereocenters. The molecule has 2 bridgehead atoms. The molecule has 0 aromatic rings. The molecule has 4 saturated heterocycles. The lowest BCUT2D eigenvalue weighted by Crippen LogP contribution is -2.77. The quantitative estimate of drug-likeness (QED) is 0.451. The van der Waals surface area contributed by atoms with E-state index in [9.17, 15) is 9.59 Å². The maximum absolute atomic E-state index is 12.8. The third-order valence-corrected chi connectivity index (χ3v) is 9.90. The fourth-order valence-corrected chi connectivity index (χ4v) is 8.04. The molecular weight excluding hydrogens is 440 g/mol. The molecule has 0 aromatic heterocycles. The van der Waals surface area contributed by atoms with Gasteiger partial charge in [0, 0.05) is 24.7 Å². The lowest BCUT2D eigenvalue weighted by molar-refractivity contribution is -0.376. The van der Waals surface area contributed by atoms with Crippen LogP contribution in [0.5, 0.6) is 0 Å². The number of hydrogen-bond acceptors (Lipinski definition) is 8. The highest BCUT2D eigenvalue weighted by Crippen LogP contribution is 2.74. The first-order chi connectivity index (χ1) is 16.1. The molecule has 0 aromatic carbocycles. The van der Waals surface area contributed by atoms with E-state index in [4.69, 9.17) is 28.4 Å². The summed E-state index contributed by atoms with van der Waals surface area (Å²) < 4.78 is 37.1. The van der Waals surface area contributed by atoms with Crippen LogP contribution in [0.1, 0.15) is 60.3 Å². The first kappa shape index (κ1) is 22.8. The summed E-state index contributed by atoms with van der Waals surface area (Å²) in [6.07, 6.45) is 5.21. The van der Waals surface area contributed by atoms with Crippen molar-refractivity contribution in [3.05, 3.63) is 12.3 Å². The molecule has 2 saturated carbocycles. The van der Waals surface area contributed by atoms with E-state index < -0.39 is 23.4 Å². The predicted octanol–water partition coefficient (Wildman–Crippen LogP) is 3.33. The minimum Gasteiger partial charge on any atom is -0.472 e. The van der Waals surface area contributed by atoms with Crippen LogP contribution in [-0.4, -0.2) is 55.0 Å². The molecule has 8 nitrogen and oxygen atoms in total. The minimum atomic E-state index is -0.823. The van der Waals surface area contributed by atoms with Crippen LogP contribution in [0.3, 0.4) is 0 Å². The molecule has 7 aliphatic rings. The van der Waals surface area contributed by atoms with Crippen molar-refractivity contribution in [3.8, 4) is 0 Å². The smallest absolute Gasteiger partial charge is 0.310 e. The Hall–Kier alpha value is -1.64. The Kier molecular flexibility index (Phi) is 4.98. The first-order valence-electron chi connectivity index (χ1n) is 12.8. The van der Waals surface area contributed by atoms with Crippen LogP contribution in [0, 0.1) is 34.5 Å². The summed E-state index contributed by atoms with van der Waals surface area (Å²) in [6.45, 7) is 10.2. The number of hydrogen-bond donors (Lipinski definition) is 0. The fraction of sp³-hybridized carbons (Fsp3) is 0.846. The Morgan fingerprint density at radius 1 is 1.12 bits per heavy atom. The van der Waals surface area contributed by atoms with Gasteiger partial charge in [-0.1, -0.05) is 27.7 Å². The minimum absolute atomic E-state index is 0.0285. The monoisotopic (exact) mass is 476 g/mol. The molecule has 0 radical (unpaired) electrons. The van der Waals surface area contributed by atoms with Gasteiger partial charge in [-0.3, -0.25) is 9.59 Å². The molecule has 7 unspecified atom stereocenters. The Morgan fingerprint density at radius 3 is 2.53 bits per heavy atom. The maximum Gasteiger partial charge on any atom is 0.310 e. The third kappa shape index (κ3) is 2.88. The van der Waals surface area contributed by atoms with Crippen LogP contribution in [0.2, 0.25) is 0 Å². The van der Waals surface area contributed by atoms with Gasteiger partial charge >= 0.3 is 11.9 Å². The second-order valence-electron chi connectivity index (χ2n) is 11.8. The molecular formula is C26H36O8. The summed E-state index contributed by atoms with van der Waals surface area (Å²) in [6, 6.07) is 0. The summed E-state index contributed by atoms with van der Waals surface area (Å²) in [7, 11) is 0. The summed E-state index contributed by atoms with van der Waals surface area (Å²) in [5.74, 6) is -0.464. The van der Waals surface area contributed by atoms with Gasteiger partial charge in [-0.25, -0.2) is 0 Å². The Balaban J connectivity index is 1.46. The molecule has 6 fully saturated rings. The summed E-state index contributed by atoms with van der Waals surface area (Å²) in [5, 5.41) is 0. The van der Waals surface area contributed by atoms with E-state index in [1.165, 1.54) is 6.92 Å². The third-order valence-electron chi connectivity index (χ3n) is 9.90. The fourth-order valence-electron chi connectivity index (χ4n) is 8.04. The zero-order chi connectivity index (χ0) is 24.0. The topological polar surface area (TPSA) is 92.8 Å². The van der Waals surface area contributed by atoms with E-state index in [0.29, 0.717) is 13.0 Å². The number of rotatable bonds is 4. The van der Waals surface area contributed by atoms with Gasteiger partial charge in [0.2, 0.25) is 12.6 Å². The van der Waals surface area contributed by atoms with Crippen LogP contribution in [0.15, 0.2) is 12.3 Å². The van der Waals surface area contributed by atoms with Crippen molar-refractivity contribution in [2.75, 3.05) is 6.61 Å². The molecule has 7 rings (SSSR count). The van der Waals surface area contributed by atoms with Crippen molar-refractivity contribution in [1.29, 1.82) is 0 Å². The van der Waals surface area contributed by atoms with Crippen LogP contribution in [0.4, 0.5) is 0 Å². The molecule has 5 aliphatic heterocycles. The van der Waals surface area contributed by atoms with Gasteiger partial charge in [-0.2, -0.15) is 0 Å². The first-order valence-corrected chi connectivity index (χ1v) is 12.8. The molecule has 34 heavy (non-hydrogen) atoms. The number of fused-ring (bicyclic) bond motifs is 2. The van der Waals surface area contributed by atoms with Crippen LogP contribution in [-0.2, 0) is 38.0 Å². The average Bonchev–Trinajstić information content (AvgIpc) is 3.18. The summed E-state index contributed by atoms with van der Waals surface area (Å²) >= 11 is 0. The van der Waals surface area contributed by atoms with Gasteiger partial charge in [0.05, 0.1) is 31.0 Å². The number of esters is 2. The summed E-state index contributed by atoms with van der Waals surface area (Å²) in [4.78, 5) is 25.2. The highest BCUT2D eigenvalue weighted by molar-refractivity contribution is 5.71. The van der Waals surface area contributed by atoms with E-state index in [2.05, 4.69) is 19.9 Å². The Morgan fingerprint density at radius 2 is 1.88 bits per heavy atom. The van der Waals surface area contributed by atoms with Gasteiger partial charge in [-0.15, -0.1) is 0 Å². The van der Waals surface area contributed by atoms with Crippen molar-refractivity contribution in [2.24, 2.45) is 34.5 Å². The zero-order valence-electron chi connectivity index (χ0n) is 20.7. The zero-order valence-corrected chi connectivity index (χ0v) is 20.7. The second-order valence-corrected chi connectivity index (χ2v) is 11.8. The van der Waals surface area contributed by atoms with Crippen LogP contribution in [0.25, 0.3) is 0 Å². The standard InChI is InChI=1S/C26H36O8/c1-13(2)21(28)34-23-26-18(10-17(32-23)11-25(26)12-30-25)24(5,14(3)8-20(26)31-15(4)27)19-9-16-6-7-29-22(16)33-19/h6-7,13-14,16-20,22-23H,8-12H2,1-5H3/t14-,16?,17?,18?,19?,20?,22?,23+,24-,25?,26-/m0/s1. The van der Waals surface area contributed by atoms with Crippen molar-refractivity contribution in [1.82, 2.24) is 0 Å². The van der Waals surface area contributed by atoms with Gasteiger partial charge in [0.15, 0.2) is 0 Å². The van der Waals surface area contributed by atoms with Gasteiger partial charge in [0.1, 0.15) is 17.1 Å². The highest BCUT2D eigenvalue weighted by Gasteiger charge is 2.83. The van der Waals surface area contributed by atoms with Crippen molar-refractivity contribution in [3.63, 3.8) is 0 Å². The Bertz CT molecular complexity index is 910. The lowest BCUT2D eigenvalue weighted by Gasteiger charge is -2.69. The highest BCUT2D eigenvalue weighted by atomic mass is 16.7. The van der Waals surface area contributed by atoms with E-state index in [1.54, 1.807) is 6.26 Å². The van der Waals surface area contributed by atoms with Gasteiger partial charge in [0.25, 0.3) is 0 Å². The normalized spacial score (nSPS) is 52.3. The largest absolute Gasteiger partial charge is 0.472 e. The maximum atomic E-state index is 12.8. The molecule has 0 N–H and O–H groups in total. The van der Waals surface area contributed by atoms with Gasteiger partial charge in [-0.05, 0) is 37.2 Å². The van der Waals surface area contributed by atoms with Crippen LogP contribution < -0.4 is 0 Å². The molecule has 8 heteroatoms. The molecule has 188 valence electrons. The average molecular weight is 477 g/mol. The second kappa shape index (κ2) is 7.43. The van der Waals surface area contributed by atoms with E-state index >= 15 is 0 Å². The van der Waals surface area contributed by atoms with Gasteiger partial charge < -0.3 is 28.4 Å². The predicted molar refractivity (Wildman–Crippen MR) is 118 cm³/mol.